The van der Waals surface area contributed by atoms with Crippen LogP contribution in [0.1, 0.15) is 52.1 Å². The minimum atomic E-state index is 0.653. The fraction of sp³-hybridized carbons (Fsp3) is 0.824. The number of nitrogens with zero attached hydrogens (tertiary/aromatic N) is 2. The van der Waals surface area contributed by atoms with Crippen LogP contribution in [0.25, 0.3) is 0 Å². The molecule has 2 rings (SSSR count). The van der Waals surface area contributed by atoms with Crippen molar-refractivity contribution in [1.82, 2.24) is 15.1 Å². The first kappa shape index (κ1) is 16.9. The second kappa shape index (κ2) is 7.68. The lowest BCUT2D eigenvalue weighted by atomic mass is 9.79. The third-order valence-corrected chi connectivity index (χ3v) is 6.11. The van der Waals surface area contributed by atoms with Crippen molar-refractivity contribution in [3.05, 3.63) is 11.8 Å². The molecule has 1 saturated carbocycles. The highest BCUT2D eigenvalue weighted by molar-refractivity contribution is 7.99. The molecule has 0 radical (unpaired) electrons. The van der Waals surface area contributed by atoms with Crippen LogP contribution >= 0.6 is 11.8 Å². The summed E-state index contributed by atoms with van der Waals surface area (Å²) < 4.78 is 2.04. The van der Waals surface area contributed by atoms with Crippen LogP contribution in [0.3, 0.4) is 0 Å². The fourth-order valence-electron chi connectivity index (χ4n) is 3.31. The molecule has 120 valence electrons. The molecule has 1 aliphatic carbocycles. The van der Waals surface area contributed by atoms with Gasteiger partial charge in [-0.25, -0.2) is 0 Å². The molecule has 0 aromatic carbocycles. The van der Waals surface area contributed by atoms with Gasteiger partial charge in [-0.2, -0.15) is 5.10 Å². The second-order valence-electron chi connectivity index (χ2n) is 6.78. The van der Waals surface area contributed by atoms with Gasteiger partial charge in [0.05, 0.1) is 10.7 Å². The van der Waals surface area contributed by atoms with Crippen LogP contribution in [0.5, 0.6) is 0 Å². The maximum absolute atomic E-state index is 4.49. The van der Waals surface area contributed by atoms with E-state index in [9.17, 15) is 0 Å². The first-order chi connectivity index (χ1) is 10.0. The summed E-state index contributed by atoms with van der Waals surface area (Å²) in [4.78, 5) is 0. The zero-order valence-electron chi connectivity index (χ0n) is 14.2. The van der Waals surface area contributed by atoms with Gasteiger partial charge in [0.1, 0.15) is 0 Å². The summed E-state index contributed by atoms with van der Waals surface area (Å²) in [6.45, 7) is 10.2. The third kappa shape index (κ3) is 4.49. The van der Waals surface area contributed by atoms with Crippen LogP contribution in [0.2, 0.25) is 0 Å². The van der Waals surface area contributed by atoms with Gasteiger partial charge in [0.25, 0.3) is 0 Å². The van der Waals surface area contributed by atoms with E-state index in [-0.39, 0.29) is 0 Å². The van der Waals surface area contributed by atoms with Gasteiger partial charge in [-0.1, -0.05) is 20.8 Å². The van der Waals surface area contributed by atoms with E-state index in [0.717, 1.165) is 24.1 Å². The Hall–Kier alpha value is -0.480. The van der Waals surface area contributed by atoms with Crippen LogP contribution < -0.4 is 5.32 Å². The lowest BCUT2D eigenvalue weighted by molar-refractivity contribution is 0.246. The van der Waals surface area contributed by atoms with E-state index in [2.05, 4.69) is 51.2 Å². The molecule has 3 unspecified atom stereocenters. The molecule has 0 saturated heterocycles. The molecule has 0 amide bonds. The molecule has 1 aromatic rings. The van der Waals surface area contributed by atoms with Crippen molar-refractivity contribution in [2.45, 2.75) is 69.7 Å². The lowest BCUT2D eigenvalue weighted by Gasteiger charge is -2.38. The van der Waals surface area contributed by atoms with Crippen molar-refractivity contribution in [2.24, 2.45) is 18.9 Å². The average Bonchev–Trinajstić information content (AvgIpc) is 2.75. The molecule has 0 bridgehead atoms. The number of hydrogen-bond acceptors (Lipinski definition) is 3. The van der Waals surface area contributed by atoms with E-state index in [1.165, 1.54) is 30.7 Å². The SMILES string of the molecule is CCCNC1CCC(C(C)C)CC1Sc1cc(C)nn1C. The van der Waals surface area contributed by atoms with Gasteiger partial charge < -0.3 is 5.32 Å². The van der Waals surface area contributed by atoms with Gasteiger partial charge in [-0.15, -0.1) is 11.8 Å². The Morgan fingerprint density at radius 3 is 2.76 bits per heavy atom. The first-order valence-corrected chi connectivity index (χ1v) is 9.29. The van der Waals surface area contributed by atoms with E-state index in [0.29, 0.717) is 11.3 Å². The van der Waals surface area contributed by atoms with E-state index < -0.39 is 0 Å². The van der Waals surface area contributed by atoms with Crippen LogP contribution in [-0.4, -0.2) is 27.6 Å². The smallest absolute Gasteiger partial charge is 0.0942 e. The van der Waals surface area contributed by atoms with Crippen molar-refractivity contribution < 1.29 is 0 Å². The van der Waals surface area contributed by atoms with Crippen LogP contribution in [0.4, 0.5) is 0 Å². The summed E-state index contributed by atoms with van der Waals surface area (Å²) in [5.41, 5.74) is 1.12. The largest absolute Gasteiger partial charge is 0.313 e. The molecular weight excluding hydrogens is 278 g/mol. The van der Waals surface area contributed by atoms with E-state index >= 15 is 0 Å². The number of hydrogen-bond donors (Lipinski definition) is 1. The van der Waals surface area contributed by atoms with Gasteiger partial charge >= 0.3 is 0 Å². The number of aromatic nitrogens is 2. The zero-order valence-corrected chi connectivity index (χ0v) is 15.0. The Labute approximate surface area is 134 Å². The normalized spacial score (nSPS) is 26.5. The first-order valence-electron chi connectivity index (χ1n) is 8.42. The highest BCUT2D eigenvalue weighted by Gasteiger charge is 2.32. The topological polar surface area (TPSA) is 29.9 Å². The average molecular weight is 310 g/mol. The Morgan fingerprint density at radius 1 is 1.43 bits per heavy atom. The van der Waals surface area contributed by atoms with Crippen LogP contribution in [0, 0.1) is 18.8 Å². The summed E-state index contributed by atoms with van der Waals surface area (Å²) in [5, 5.41) is 10.3. The van der Waals surface area contributed by atoms with Gasteiger partial charge in [-0.3, -0.25) is 4.68 Å². The molecular formula is C17H31N3S. The number of aryl methyl sites for hydroxylation is 2. The monoisotopic (exact) mass is 309 g/mol. The molecule has 1 heterocycles. The Morgan fingerprint density at radius 2 is 2.19 bits per heavy atom. The minimum absolute atomic E-state index is 0.653. The molecule has 1 fully saturated rings. The highest BCUT2D eigenvalue weighted by atomic mass is 32.2. The predicted octanol–water partition coefficient (Wildman–Crippen LogP) is 4.01. The maximum Gasteiger partial charge on any atom is 0.0942 e. The van der Waals surface area contributed by atoms with Crippen molar-refractivity contribution >= 4 is 11.8 Å². The summed E-state index contributed by atoms with van der Waals surface area (Å²) in [7, 11) is 2.06. The molecule has 21 heavy (non-hydrogen) atoms. The van der Waals surface area contributed by atoms with Crippen LogP contribution in [-0.2, 0) is 7.05 Å². The van der Waals surface area contributed by atoms with E-state index in [1.54, 1.807) is 0 Å². The number of nitrogens with one attached hydrogen (secondary N) is 1. The van der Waals surface area contributed by atoms with Gasteiger partial charge in [0.2, 0.25) is 0 Å². The molecule has 4 heteroatoms. The summed E-state index contributed by atoms with van der Waals surface area (Å²) >= 11 is 2.03. The summed E-state index contributed by atoms with van der Waals surface area (Å²) in [5.74, 6) is 1.67. The van der Waals surface area contributed by atoms with Gasteiger partial charge in [0.15, 0.2) is 0 Å². The predicted molar refractivity (Wildman–Crippen MR) is 91.9 cm³/mol. The summed E-state index contributed by atoms with van der Waals surface area (Å²) in [6, 6.07) is 2.88. The van der Waals surface area contributed by atoms with Crippen LogP contribution in [0.15, 0.2) is 11.1 Å². The molecule has 1 aromatic heterocycles. The number of thioether (sulfide) groups is 1. The Bertz CT molecular complexity index is 441. The van der Waals surface area contributed by atoms with Crippen molar-refractivity contribution in [3.8, 4) is 0 Å². The highest BCUT2D eigenvalue weighted by Crippen LogP contribution is 2.39. The molecule has 1 N–H and O–H groups in total. The molecule has 0 aliphatic heterocycles. The molecule has 0 spiro atoms. The van der Waals surface area contributed by atoms with E-state index in [4.69, 9.17) is 0 Å². The fourth-order valence-corrected chi connectivity index (χ4v) is 4.79. The molecule has 1 aliphatic rings. The Kier molecular flexibility index (Phi) is 6.18. The molecule has 3 atom stereocenters. The standard InChI is InChI=1S/C17H31N3S/c1-6-9-18-15-8-7-14(12(2)3)11-16(15)21-17-10-13(4)19-20(17)5/h10,12,14-16,18H,6-9,11H2,1-5H3. The van der Waals surface area contributed by atoms with Gasteiger partial charge in [0, 0.05) is 18.3 Å². The van der Waals surface area contributed by atoms with Gasteiger partial charge in [-0.05, 0) is 57.1 Å². The Balaban J connectivity index is 2.06. The maximum atomic E-state index is 4.49. The second-order valence-corrected chi connectivity index (χ2v) is 8.04. The number of rotatable bonds is 6. The molecule has 3 nitrogen and oxygen atoms in total. The lowest BCUT2D eigenvalue weighted by Crippen LogP contribution is -2.43. The van der Waals surface area contributed by atoms with E-state index in [1.807, 2.05) is 16.4 Å². The quantitative estimate of drug-likeness (QED) is 0.861. The third-order valence-electron chi connectivity index (χ3n) is 4.66. The zero-order chi connectivity index (χ0) is 15.4. The van der Waals surface area contributed by atoms with Crippen molar-refractivity contribution in [3.63, 3.8) is 0 Å². The van der Waals surface area contributed by atoms with Crippen molar-refractivity contribution in [1.29, 1.82) is 0 Å². The summed E-state index contributed by atoms with van der Waals surface area (Å²) in [6.07, 6.45) is 5.23. The van der Waals surface area contributed by atoms with Crippen molar-refractivity contribution in [2.75, 3.05) is 6.54 Å². The minimum Gasteiger partial charge on any atom is -0.313 e.